The van der Waals surface area contributed by atoms with Crippen molar-refractivity contribution in [2.75, 3.05) is 11.4 Å². The average molecular weight is 249 g/mol. The number of amides is 1. The lowest BCUT2D eigenvalue weighted by Crippen LogP contribution is -2.48. The number of rotatable bonds is 3. The van der Waals surface area contributed by atoms with E-state index in [-0.39, 0.29) is 11.9 Å². The van der Waals surface area contributed by atoms with Crippen LogP contribution in [0.1, 0.15) is 30.7 Å². The maximum atomic E-state index is 11.5. The van der Waals surface area contributed by atoms with Gasteiger partial charge in [-0.25, -0.2) is 9.97 Å². The second-order valence-corrected chi connectivity index (χ2v) is 4.61. The van der Waals surface area contributed by atoms with E-state index in [2.05, 4.69) is 9.97 Å². The van der Waals surface area contributed by atoms with Crippen LogP contribution >= 0.6 is 0 Å². The van der Waals surface area contributed by atoms with Crippen LogP contribution < -0.4 is 16.4 Å². The maximum Gasteiger partial charge on any atom is 0.240 e. The van der Waals surface area contributed by atoms with Crippen molar-refractivity contribution in [2.24, 2.45) is 11.5 Å². The summed E-state index contributed by atoms with van der Waals surface area (Å²) in [5.74, 6) is 0.257. The minimum atomic E-state index is -0.311. The minimum Gasteiger partial charge on any atom is -0.368 e. The number of hydrogen-bond acceptors (Lipinski definition) is 5. The van der Waals surface area contributed by atoms with Gasteiger partial charge in [-0.3, -0.25) is 4.79 Å². The molecule has 18 heavy (non-hydrogen) atoms. The summed E-state index contributed by atoms with van der Waals surface area (Å²) in [4.78, 5) is 22.2. The van der Waals surface area contributed by atoms with Crippen LogP contribution in [0.4, 0.5) is 5.95 Å². The van der Waals surface area contributed by atoms with Gasteiger partial charge in [0.1, 0.15) is 6.04 Å². The van der Waals surface area contributed by atoms with Crippen molar-refractivity contribution in [1.82, 2.24) is 9.97 Å². The molecule has 1 saturated heterocycles. The molecule has 1 aromatic rings. The van der Waals surface area contributed by atoms with E-state index in [1.54, 1.807) is 0 Å². The molecular weight excluding hydrogens is 230 g/mol. The van der Waals surface area contributed by atoms with Crippen molar-refractivity contribution >= 4 is 11.9 Å². The number of carbonyl (C=O) groups excluding carboxylic acids is 1. The Morgan fingerprint density at radius 1 is 1.50 bits per heavy atom. The Bertz CT molecular complexity index is 448. The molecule has 4 N–H and O–H groups in total. The molecule has 0 saturated carbocycles. The molecule has 2 heterocycles. The highest BCUT2D eigenvalue weighted by Gasteiger charge is 2.29. The van der Waals surface area contributed by atoms with Gasteiger partial charge in [-0.2, -0.15) is 0 Å². The maximum absolute atomic E-state index is 11.5. The highest BCUT2D eigenvalue weighted by atomic mass is 16.1. The van der Waals surface area contributed by atoms with Crippen molar-refractivity contribution in [3.05, 3.63) is 17.5 Å². The molecule has 1 aliphatic heterocycles. The van der Waals surface area contributed by atoms with Crippen LogP contribution in [0, 0.1) is 6.92 Å². The van der Waals surface area contributed by atoms with E-state index in [1.165, 1.54) is 0 Å². The van der Waals surface area contributed by atoms with Crippen molar-refractivity contribution in [2.45, 2.75) is 38.8 Å². The van der Waals surface area contributed by atoms with E-state index in [0.717, 1.165) is 37.2 Å². The first-order chi connectivity index (χ1) is 8.61. The summed E-state index contributed by atoms with van der Waals surface area (Å²) in [5.41, 5.74) is 12.7. The summed E-state index contributed by atoms with van der Waals surface area (Å²) in [6.45, 7) is 3.03. The van der Waals surface area contributed by atoms with E-state index < -0.39 is 0 Å². The zero-order valence-corrected chi connectivity index (χ0v) is 10.6. The normalized spacial score (nSPS) is 19.9. The average Bonchev–Trinajstić information content (AvgIpc) is 2.38. The quantitative estimate of drug-likeness (QED) is 0.791. The number of anilines is 1. The largest absolute Gasteiger partial charge is 0.368 e. The molecular formula is C12H19N5O. The number of piperidine rings is 1. The fourth-order valence-corrected chi connectivity index (χ4v) is 2.32. The van der Waals surface area contributed by atoms with Crippen LogP contribution in [0.25, 0.3) is 0 Å². The molecule has 6 heteroatoms. The number of aromatic nitrogens is 2. The van der Waals surface area contributed by atoms with Gasteiger partial charge in [0.15, 0.2) is 0 Å². The second kappa shape index (κ2) is 5.30. The van der Waals surface area contributed by atoms with Gasteiger partial charge >= 0.3 is 0 Å². The third-order valence-electron chi connectivity index (χ3n) is 3.19. The number of carbonyl (C=O) groups is 1. The summed E-state index contributed by atoms with van der Waals surface area (Å²) in [6.07, 6.45) is 2.81. The van der Waals surface area contributed by atoms with Gasteiger partial charge in [0.05, 0.1) is 5.69 Å². The Hall–Kier alpha value is -1.69. The van der Waals surface area contributed by atoms with Gasteiger partial charge in [0.25, 0.3) is 0 Å². The Morgan fingerprint density at radius 2 is 2.28 bits per heavy atom. The third-order valence-corrected chi connectivity index (χ3v) is 3.19. The standard InChI is InChI=1S/C12H19N5O/c1-8-6-9(7-13)16-12(15-8)17-5-3-2-4-10(17)11(14)18/h6,10H,2-5,7,13H2,1H3,(H2,14,18). The predicted molar refractivity (Wildman–Crippen MR) is 68.8 cm³/mol. The number of hydrogen-bond donors (Lipinski definition) is 2. The van der Waals surface area contributed by atoms with E-state index in [0.29, 0.717) is 12.5 Å². The van der Waals surface area contributed by atoms with Crippen LogP contribution in [-0.4, -0.2) is 28.5 Å². The number of nitrogens with zero attached hydrogens (tertiary/aromatic N) is 3. The summed E-state index contributed by atoms with van der Waals surface area (Å²) in [6, 6.07) is 1.55. The van der Waals surface area contributed by atoms with Crippen LogP contribution in [0.15, 0.2) is 6.07 Å². The summed E-state index contributed by atoms with van der Waals surface area (Å²) >= 11 is 0. The molecule has 98 valence electrons. The molecule has 1 aromatic heterocycles. The summed E-state index contributed by atoms with van der Waals surface area (Å²) in [7, 11) is 0. The van der Waals surface area contributed by atoms with Crippen LogP contribution in [-0.2, 0) is 11.3 Å². The molecule has 0 radical (unpaired) electrons. The zero-order valence-electron chi connectivity index (χ0n) is 10.6. The van der Waals surface area contributed by atoms with Gasteiger partial charge in [-0.15, -0.1) is 0 Å². The van der Waals surface area contributed by atoms with E-state index in [9.17, 15) is 4.79 Å². The molecule has 1 unspecified atom stereocenters. The second-order valence-electron chi connectivity index (χ2n) is 4.61. The number of primary amides is 1. The summed E-state index contributed by atoms with van der Waals surface area (Å²) in [5, 5.41) is 0. The molecule has 1 amide bonds. The highest BCUT2D eigenvalue weighted by Crippen LogP contribution is 2.22. The van der Waals surface area contributed by atoms with Gasteiger partial charge in [0.2, 0.25) is 11.9 Å². The van der Waals surface area contributed by atoms with Gasteiger partial charge in [0, 0.05) is 18.8 Å². The minimum absolute atomic E-state index is 0.300. The molecule has 2 rings (SSSR count). The van der Waals surface area contributed by atoms with E-state index in [4.69, 9.17) is 11.5 Å². The molecule has 1 atom stereocenters. The van der Waals surface area contributed by atoms with Gasteiger partial charge < -0.3 is 16.4 Å². The highest BCUT2D eigenvalue weighted by molar-refractivity contribution is 5.83. The van der Waals surface area contributed by atoms with Crippen molar-refractivity contribution in [1.29, 1.82) is 0 Å². The zero-order chi connectivity index (χ0) is 13.1. The number of aryl methyl sites for hydroxylation is 1. The monoisotopic (exact) mass is 249 g/mol. The van der Waals surface area contributed by atoms with Crippen LogP contribution in [0.2, 0.25) is 0 Å². The lowest BCUT2D eigenvalue weighted by atomic mass is 10.0. The molecule has 1 aliphatic rings. The lowest BCUT2D eigenvalue weighted by Gasteiger charge is -2.33. The lowest BCUT2D eigenvalue weighted by molar-refractivity contribution is -0.119. The first-order valence-corrected chi connectivity index (χ1v) is 6.22. The fourth-order valence-electron chi connectivity index (χ4n) is 2.32. The van der Waals surface area contributed by atoms with E-state index >= 15 is 0 Å². The van der Waals surface area contributed by atoms with E-state index in [1.807, 2.05) is 17.9 Å². The SMILES string of the molecule is Cc1cc(CN)nc(N2CCCCC2C(N)=O)n1. The third kappa shape index (κ3) is 2.59. The first-order valence-electron chi connectivity index (χ1n) is 6.22. The first kappa shape index (κ1) is 12.8. The predicted octanol–water partition coefficient (Wildman–Crippen LogP) is 0.0879. The fraction of sp³-hybridized carbons (Fsp3) is 0.583. The van der Waals surface area contributed by atoms with Gasteiger partial charge in [-0.05, 0) is 32.3 Å². The Labute approximate surface area is 106 Å². The molecule has 1 fully saturated rings. The Balaban J connectivity index is 2.33. The van der Waals surface area contributed by atoms with Crippen LogP contribution in [0.3, 0.4) is 0 Å². The van der Waals surface area contributed by atoms with Crippen molar-refractivity contribution < 1.29 is 4.79 Å². The molecule has 0 bridgehead atoms. The molecule has 6 nitrogen and oxygen atoms in total. The van der Waals surface area contributed by atoms with Crippen LogP contribution in [0.5, 0.6) is 0 Å². The van der Waals surface area contributed by atoms with Gasteiger partial charge in [-0.1, -0.05) is 0 Å². The Morgan fingerprint density at radius 3 is 2.94 bits per heavy atom. The van der Waals surface area contributed by atoms with Crippen molar-refractivity contribution in [3.8, 4) is 0 Å². The smallest absolute Gasteiger partial charge is 0.240 e. The molecule has 0 aliphatic carbocycles. The molecule has 0 spiro atoms. The summed E-state index contributed by atoms with van der Waals surface area (Å²) < 4.78 is 0. The number of nitrogens with two attached hydrogens (primary N) is 2. The van der Waals surface area contributed by atoms with Crippen molar-refractivity contribution in [3.63, 3.8) is 0 Å². The Kier molecular flexibility index (Phi) is 3.76. The molecule has 0 aromatic carbocycles. The topological polar surface area (TPSA) is 98.1 Å².